The molecular formula is C15H16BrNO. The van der Waals surface area contributed by atoms with E-state index in [4.69, 9.17) is 4.74 Å². The van der Waals surface area contributed by atoms with Crippen molar-refractivity contribution in [3.05, 3.63) is 36.5 Å². The zero-order valence-corrected chi connectivity index (χ0v) is 11.8. The van der Waals surface area contributed by atoms with Crippen molar-refractivity contribution < 1.29 is 4.74 Å². The van der Waals surface area contributed by atoms with Crippen molar-refractivity contribution in [2.75, 3.05) is 11.9 Å². The number of halogens is 1. The number of hydrogen-bond acceptors (Lipinski definition) is 2. The Morgan fingerprint density at radius 2 is 2.17 bits per heavy atom. The Morgan fingerprint density at radius 3 is 2.89 bits per heavy atom. The van der Waals surface area contributed by atoms with E-state index in [2.05, 4.69) is 33.0 Å². The van der Waals surface area contributed by atoms with Gasteiger partial charge in [0, 0.05) is 28.4 Å². The van der Waals surface area contributed by atoms with Crippen LogP contribution in [0.3, 0.4) is 0 Å². The SMILES string of the molecule is BrCC1(COc2ccc3cccnc3c2)CCC1. The molecule has 0 atom stereocenters. The highest BCUT2D eigenvalue weighted by atomic mass is 79.9. The van der Waals surface area contributed by atoms with Gasteiger partial charge in [0.15, 0.2) is 0 Å². The molecule has 1 aromatic carbocycles. The van der Waals surface area contributed by atoms with Gasteiger partial charge in [-0.05, 0) is 31.0 Å². The van der Waals surface area contributed by atoms with Crippen LogP contribution >= 0.6 is 15.9 Å². The monoisotopic (exact) mass is 305 g/mol. The lowest BCUT2D eigenvalue weighted by atomic mass is 9.71. The van der Waals surface area contributed by atoms with Crippen molar-refractivity contribution in [3.8, 4) is 5.75 Å². The topological polar surface area (TPSA) is 22.1 Å². The predicted octanol–water partition coefficient (Wildman–Crippen LogP) is 4.18. The van der Waals surface area contributed by atoms with Gasteiger partial charge in [0.25, 0.3) is 0 Å². The average molecular weight is 306 g/mol. The number of nitrogens with zero attached hydrogens (tertiary/aromatic N) is 1. The molecule has 0 spiro atoms. The fourth-order valence-corrected chi connectivity index (χ4v) is 3.09. The van der Waals surface area contributed by atoms with Gasteiger partial charge >= 0.3 is 0 Å². The summed E-state index contributed by atoms with van der Waals surface area (Å²) in [6, 6.07) is 10.1. The molecule has 1 fully saturated rings. The molecule has 2 nitrogen and oxygen atoms in total. The summed E-state index contributed by atoms with van der Waals surface area (Å²) >= 11 is 3.60. The van der Waals surface area contributed by atoms with Gasteiger partial charge in [-0.1, -0.05) is 28.4 Å². The number of alkyl halides is 1. The first-order valence-corrected chi connectivity index (χ1v) is 7.47. The third-order valence-corrected chi connectivity index (χ3v) is 5.01. The van der Waals surface area contributed by atoms with Gasteiger partial charge < -0.3 is 4.74 Å². The Labute approximate surface area is 115 Å². The smallest absolute Gasteiger partial charge is 0.121 e. The molecule has 1 heterocycles. The van der Waals surface area contributed by atoms with Gasteiger partial charge in [-0.2, -0.15) is 0 Å². The standard InChI is InChI=1S/C15H16BrNO/c16-10-15(6-2-7-15)11-18-13-5-4-12-3-1-8-17-14(12)9-13/h1,3-5,8-9H,2,6-7,10-11H2. The zero-order chi connectivity index (χ0) is 12.4. The van der Waals surface area contributed by atoms with Gasteiger partial charge in [0.05, 0.1) is 12.1 Å². The summed E-state index contributed by atoms with van der Waals surface area (Å²) in [5, 5.41) is 2.19. The molecule has 0 amide bonds. The van der Waals surface area contributed by atoms with Crippen molar-refractivity contribution in [3.63, 3.8) is 0 Å². The second-order valence-electron chi connectivity index (χ2n) is 5.13. The lowest BCUT2D eigenvalue weighted by molar-refractivity contribution is 0.0839. The van der Waals surface area contributed by atoms with E-state index < -0.39 is 0 Å². The minimum absolute atomic E-state index is 0.360. The zero-order valence-electron chi connectivity index (χ0n) is 10.2. The van der Waals surface area contributed by atoms with Crippen LogP contribution in [0.1, 0.15) is 19.3 Å². The van der Waals surface area contributed by atoms with E-state index in [1.165, 1.54) is 19.3 Å². The van der Waals surface area contributed by atoms with E-state index in [1.807, 2.05) is 24.4 Å². The largest absolute Gasteiger partial charge is 0.493 e. The Balaban J connectivity index is 1.74. The van der Waals surface area contributed by atoms with Gasteiger partial charge in [-0.15, -0.1) is 0 Å². The van der Waals surface area contributed by atoms with Crippen LogP contribution in [0.2, 0.25) is 0 Å². The predicted molar refractivity (Wildman–Crippen MR) is 77.3 cm³/mol. The maximum Gasteiger partial charge on any atom is 0.121 e. The molecule has 0 radical (unpaired) electrons. The fraction of sp³-hybridized carbons (Fsp3) is 0.400. The minimum atomic E-state index is 0.360. The molecule has 2 aromatic rings. The number of hydrogen-bond donors (Lipinski definition) is 0. The Kier molecular flexibility index (Phi) is 3.25. The van der Waals surface area contributed by atoms with Crippen molar-refractivity contribution in [2.24, 2.45) is 5.41 Å². The van der Waals surface area contributed by atoms with Crippen molar-refractivity contribution in [1.82, 2.24) is 4.98 Å². The highest BCUT2D eigenvalue weighted by Gasteiger charge is 2.36. The second kappa shape index (κ2) is 4.88. The molecule has 3 rings (SSSR count). The maximum atomic E-state index is 5.94. The molecule has 3 heteroatoms. The van der Waals surface area contributed by atoms with E-state index in [9.17, 15) is 0 Å². The highest BCUT2D eigenvalue weighted by Crippen LogP contribution is 2.42. The Bertz CT molecular complexity index is 545. The molecule has 0 aliphatic heterocycles. The normalized spacial score (nSPS) is 17.4. The number of benzene rings is 1. The molecule has 18 heavy (non-hydrogen) atoms. The Hall–Kier alpha value is -1.09. The van der Waals surface area contributed by atoms with Crippen molar-refractivity contribution in [2.45, 2.75) is 19.3 Å². The highest BCUT2D eigenvalue weighted by molar-refractivity contribution is 9.09. The number of aromatic nitrogens is 1. The number of pyridine rings is 1. The quantitative estimate of drug-likeness (QED) is 0.791. The molecule has 1 saturated carbocycles. The van der Waals surface area contributed by atoms with Crippen LogP contribution in [0, 0.1) is 5.41 Å². The van der Waals surface area contributed by atoms with Crippen LogP contribution in [-0.4, -0.2) is 16.9 Å². The second-order valence-corrected chi connectivity index (χ2v) is 5.69. The average Bonchev–Trinajstić information content (AvgIpc) is 2.38. The molecule has 0 N–H and O–H groups in total. The van der Waals surface area contributed by atoms with E-state index >= 15 is 0 Å². The molecule has 94 valence electrons. The minimum Gasteiger partial charge on any atom is -0.493 e. The summed E-state index contributed by atoms with van der Waals surface area (Å²) < 4.78 is 5.94. The van der Waals surface area contributed by atoms with Gasteiger partial charge in [-0.25, -0.2) is 0 Å². The van der Waals surface area contributed by atoms with E-state index in [0.29, 0.717) is 5.41 Å². The number of ether oxygens (including phenoxy) is 1. The lowest BCUT2D eigenvalue weighted by Crippen LogP contribution is -2.37. The van der Waals surface area contributed by atoms with Crippen LogP contribution < -0.4 is 4.74 Å². The summed E-state index contributed by atoms with van der Waals surface area (Å²) in [5.74, 6) is 0.924. The van der Waals surface area contributed by atoms with Gasteiger partial charge in [-0.3, -0.25) is 4.98 Å². The molecule has 1 aliphatic carbocycles. The summed E-state index contributed by atoms with van der Waals surface area (Å²) in [6.07, 6.45) is 5.68. The van der Waals surface area contributed by atoms with Crippen LogP contribution in [0.5, 0.6) is 5.75 Å². The molecule has 1 aliphatic rings. The van der Waals surface area contributed by atoms with Crippen molar-refractivity contribution in [1.29, 1.82) is 0 Å². The molecular weight excluding hydrogens is 290 g/mol. The first kappa shape index (κ1) is 12.0. The van der Waals surface area contributed by atoms with Gasteiger partial charge in [0.1, 0.15) is 5.75 Å². The van der Waals surface area contributed by atoms with E-state index in [-0.39, 0.29) is 0 Å². The van der Waals surface area contributed by atoms with Crippen LogP contribution in [0.15, 0.2) is 36.5 Å². The van der Waals surface area contributed by atoms with Gasteiger partial charge in [0.2, 0.25) is 0 Å². The number of fused-ring (bicyclic) bond motifs is 1. The third kappa shape index (κ3) is 2.24. The molecule has 0 saturated heterocycles. The molecule has 1 aromatic heterocycles. The third-order valence-electron chi connectivity index (χ3n) is 3.82. The first-order valence-electron chi connectivity index (χ1n) is 6.35. The first-order chi connectivity index (χ1) is 8.81. The fourth-order valence-electron chi connectivity index (χ4n) is 2.37. The number of rotatable bonds is 4. The van der Waals surface area contributed by atoms with Crippen LogP contribution in [-0.2, 0) is 0 Å². The van der Waals surface area contributed by atoms with E-state index in [0.717, 1.165) is 28.6 Å². The van der Waals surface area contributed by atoms with Crippen LogP contribution in [0.25, 0.3) is 10.9 Å². The van der Waals surface area contributed by atoms with Crippen molar-refractivity contribution >= 4 is 26.8 Å². The lowest BCUT2D eigenvalue weighted by Gasteiger charge is -2.39. The summed E-state index contributed by atoms with van der Waals surface area (Å²) in [4.78, 5) is 4.35. The summed E-state index contributed by atoms with van der Waals surface area (Å²) in [7, 11) is 0. The molecule has 0 unspecified atom stereocenters. The Morgan fingerprint density at radius 1 is 1.28 bits per heavy atom. The summed E-state index contributed by atoms with van der Waals surface area (Å²) in [6.45, 7) is 0.802. The van der Waals surface area contributed by atoms with Crippen LogP contribution in [0.4, 0.5) is 0 Å². The maximum absolute atomic E-state index is 5.94. The molecule has 0 bridgehead atoms. The van der Waals surface area contributed by atoms with E-state index in [1.54, 1.807) is 0 Å². The summed E-state index contributed by atoms with van der Waals surface area (Å²) in [5.41, 5.74) is 1.36.